The zero-order valence-corrected chi connectivity index (χ0v) is 22.0. The van der Waals surface area contributed by atoms with Crippen molar-refractivity contribution in [2.45, 2.75) is 42.7 Å². The number of benzene rings is 1. The van der Waals surface area contributed by atoms with Gasteiger partial charge in [0.05, 0.1) is 37.4 Å². The Balaban J connectivity index is 1.33. The second-order valence-electron chi connectivity index (χ2n) is 9.68. The van der Waals surface area contributed by atoms with Crippen LogP contribution < -0.4 is 15.5 Å². The van der Waals surface area contributed by atoms with E-state index >= 15 is 0 Å². The van der Waals surface area contributed by atoms with Gasteiger partial charge in [-0.15, -0.1) is 0 Å². The molecule has 12 nitrogen and oxygen atoms in total. The molecule has 0 atom stereocenters. The summed E-state index contributed by atoms with van der Waals surface area (Å²) in [7, 11) is -3.62. The van der Waals surface area contributed by atoms with Gasteiger partial charge in [0.15, 0.2) is 0 Å². The molecule has 3 N–H and O–H groups in total. The third-order valence-electron chi connectivity index (χ3n) is 7.07. The number of carbonyl (C=O) groups excluding carboxylic acids is 1. The summed E-state index contributed by atoms with van der Waals surface area (Å²) in [5, 5.41) is 16.1. The van der Waals surface area contributed by atoms with Crippen molar-refractivity contribution in [2.75, 3.05) is 68.1 Å². The van der Waals surface area contributed by atoms with Gasteiger partial charge in [0.1, 0.15) is 11.4 Å². The van der Waals surface area contributed by atoms with E-state index in [-0.39, 0.29) is 22.6 Å². The minimum atomic E-state index is -3.62. The van der Waals surface area contributed by atoms with Crippen molar-refractivity contribution in [3.05, 3.63) is 36.0 Å². The molecule has 5 rings (SSSR count). The Morgan fingerprint density at radius 2 is 1.58 bits per heavy atom. The number of aliphatic hydroxyl groups is 1. The quantitative estimate of drug-likeness (QED) is 0.464. The number of sulfonamides is 1. The van der Waals surface area contributed by atoms with E-state index in [2.05, 4.69) is 15.6 Å². The number of ether oxygens (including phenoxy) is 2. The lowest BCUT2D eigenvalue weighted by molar-refractivity contribution is 0.0730. The Morgan fingerprint density at radius 1 is 0.947 bits per heavy atom. The van der Waals surface area contributed by atoms with Gasteiger partial charge >= 0.3 is 0 Å². The molecular formula is C25H34N6O6S. The fourth-order valence-electron chi connectivity index (χ4n) is 4.82. The zero-order chi connectivity index (χ0) is 26.5. The molecule has 206 valence electrons. The van der Waals surface area contributed by atoms with Gasteiger partial charge in [-0.2, -0.15) is 9.29 Å². The first-order chi connectivity index (χ1) is 18.4. The second kappa shape index (κ2) is 11.9. The van der Waals surface area contributed by atoms with Gasteiger partial charge in [0.25, 0.3) is 5.91 Å². The average Bonchev–Trinajstić information content (AvgIpc) is 2.95. The summed E-state index contributed by atoms with van der Waals surface area (Å²) in [6.07, 6.45) is 4.17. The number of carbonyl (C=O) groups is 1. The maximum Gasteiger partial charge on any atom is 0.260 e. The minimum absolute atomic E-state index is 0.0852. The highest BCUT2D eigenvalue weighted by molar-refractivity contribution is 7.89. The number of hydrogen-bond donors (Lipinski definition) is 3. The van der Waals surface area contributed by atoms with Crippen molar-refractivity contribution in [3.63, 3.8) is 0 Å². The molecule has 3 fully saturated rings. The SMILES string of the molecule is O=C(Nc1ccc(S(=O)(=O)N2CCOCC2)cc1)c1cnc(N2CCOCC2)nc1N[C@H]1CC[C@H](O)CC1. The topological polar surface area (TPSA) is 146 Å². The van der Waals surface area contributed by atoms with Crippen LogP contribution in [0.2, 0.25) is 0 Å². The Kier molecular flexibility index (Phi) is 8.39. The van der Waals surface area contributed by atoms with Crippen LogP contribution in [-0.4, -0.2) is 98.5 Å². The number of nitrogens with zero attached hydrogens (tertiary/aromatic N) is 4. The summed E-state index contributed by atoms with van der Waals surface area (Å²) in [5.74, 6) is 0.563. The highest BCUT2D eigenvalue weighted by Crippen LogP contribution is 2.26. The van der Waals surface area contributed by atoms with Crippen molar-refractivity contribution in [1.82, 2.24) is 14.3 Å². The molecule has 0 spiro atoms. The number of hydrogen-bond acceptors (Lipinski definition) is 10. The largest absolute Gasteiger partial charge is 0.393 e. The number of aromatic nitrogens is 2. The summed E-state index contributed by atoms with van der Waals surface area (Å²) in [6.45, 7) is 3.89. The number of nitrogens with one attached hydrogen (secondary N) is 2. The predicted molar refractivity (Wildman–Crippen MR) is 141 cm³/mol. The lowest BCUT2D eigenvalue weighted by Gasteiger charge is -2.29. The number of aliphatic hydroxyl groups excluding tert-OH is 1. The van der Waals surface area contributed by atoms with Crippen LogP contribution in [0.15, 0.2) is 35.4 Å². The van der Waals surface area contributed by atoms with Crippen LogP contribution in [0.3, 0.4) is 0 Å². The van der Waals surface area contributed by atoms with Gasteiger partial charge in [-0.3, -0.25) is 4.79 Å². The summed E-state index contributed by atoms with van der Waals surface area (Å²) in [6, 6.07) is 6.21. The molecule has 2 saturated heterocycles. The standard InChI is InChI=1S/C25H34N6O6S/c32-20-5-1-18(2-6-20)27-23-22(17-26-25(29-23)30-9-13-36-14-10-30)24(33)28-19-3-7-21(8-4-19)38(34,35)31-11-15-37-16-12-31/h3-4,7-8,17-18,20,32H,1-2,5-6,9-16H2,(H,28,33)(H,26,27,29)/t18-,20-. The summed E-state index contributed by atoms with van der Waals surface area (Å²) in [4.78, 5) is 24.6. The Hall–Kier alpha value is -2.84. The van der Waals surface area contributed by atoms with Gasteiger partial charge in [-0.25, -0.2) is 13.4 Å². The third kappa shape index (κ3) is 6.24. The van der Waals surface area contributed by atoms with Crippen molar-refractivity contribution >= 4 is 33.4 Å². The van der Waals surface area contributed by atoms with Crippen molar-refractivity contribution < 1.29 is 27.8 Å². The average molecular weight is 547 g/mol. The first-order valence-electron chi connectivity index (χ1n) is 13.0. The van der Waals surface area contributed by atoms with Crippen LogP contribution in [0.1, 0.15) is 36.0 Å². The molecule has 2 aliphatic heterocycles. The Labute approximate surface area is 222 Å². The third-order valence-corrected chi connectivity index (χ3v) is 8.99. The van der Waals surface area contributed by atoms with Gasteiger partial charge < -0.3 is 30.1 Å². The molecular weight excluding hydrogens is 512 g/mol. The van der Waals surface area contributed by atoms with Crippen molar-refractivity contribution in [1.29, 1.82) is 0 Å². The van der Waals surface area contributed by atoms with Crippen LogP contribution in [0.25, 0.3) is 0 Å². The van der Waals surface area contributed by atoms with E-state index in [4.69, 9.17) is 14.5 Å². The van der Waals surface area contributed by atoms with E-state index < -0.39 is 15.9 Å². The van der Waals surface area contributed by atoms with Crippen LogP contribution in [-0.2, 0) is 19.5 Å². The van der Waals surface area contributed by atoms with Crippen molar-refractivity contribution in [3.8, 4) is 0 Å². The van der Waals surface area contributed by atoms with Gasteiger partial charge in [0, 0.05) is 44.1 Å². The van der Waals surface area contributed by atoms with Crippen LogP contribution in [0.5, 0.6) is 0 Å². The number of rotatable bonds is 7. The summed E-state index contributed by atoms with van der Waals surface area (Å²) < 4.78 is 37.9. The van der Waals surface area contributed by atoms with Crippen LogP contribution in [0, 0.1) is 0 Å². The molecule has 2 aromatic rings. The van der Waals surface area contributed by atoms with E-state index in [1.165, 1.54) is 22.6 Å². The molecule has 0 radical (unpaired) electrons. The number of anilines is 3. The first-order valence-corrected chi connectivity index (χ1v) is 14.5. The molecule has 38 heavy (non-hydrogen) atoms. The van der Waals surface area contributed by atoms with Crippen LogP contribution in [0.4, 0.5) is 17.5 Å². The molecule has 1 saturated carbocycles. The number of morpholine rings is 2. The Bertz CT molecular complexity index is 1210. The lowest BCUT2D eigenvalue weighted by Crippen LogP contribution is -2.40. The molecule has 0 bridgehead atoms. The van der Waals surface area contributed by atoms with E-state index in [1.54, 1.807) is 12.1 Å². The molecule has 3 heterocycles. The van der Waals surface area contributed by atoms with Gasteiger partial charge in [-0.1, -0.05) is 0 Å². The molecule has 1 aromatic carbocycles. The van der Waals surface area contributed by atoms with E-state index in [1.807, 2.05) is 4.90 Å². The van der Waals surface area contributed by atoms with Gasteiger partial charge in [-0.05, 0) is 49.9 Å². The van der Waals surface area contributed by atoms with Crippen LogP contribution >= 0.6 is 0 Å². The van der Waals surface area contributed by atoms with Crippen molar-refractivity contribution in [2.24, 2.45) is 0 Å². The summed E-state index contributed by atoms with van der Waals surface area (Å²) in [5.41, 5.74) is 0.748. The zero-order valence-electron chi connectivity index (χ0n) is 21.2. The lowest BCUT2D eigenvalue weighted by atomic mass is 9.93. The maximum atomic E-state index is 13.3. The molecule has 1 aromatic heterocycles. The van der Waals surface area contributed by atoms with E-state index in [9.17, 15) is 18.3 Å². The maximum absolute atomic E-state index is 13.3. The van der Waals surface area contributed by atoms with Gasteiger partial charge in [0.2, 0.25) is 16.0 Å². The van der Waals surface area contributed by atoms with E-state index in [0.29, 0.717) is 82.9 Å². The first kappa shape index (κ1) is 26.8. The molecule has 1 aliphatic carbocycles. The molecule has 0 unspecified atom stereocenters. The minimum Gasteiger partial charge on any atom is -0.393 e. The highest BCUT2D eigenvalue weighted by Gasteiger charge is 2.27. The molecule has 1 amide bonds. The predicted octanol–water partition coefficient (Wildman–Crippen LogP) is 1.30. The Morgan fingerprint density at radius 3 is 2.24 bits per heavy atom. The highest BCUT2D eigenvalue weighted by atomic mass is 32.2. The molecule has 3 aliphatic rings. The second-order valence-corrected chi connectivity index (χ2v) is 11.6. The smallest absolute Gasteiger partial charge is 0.260 e. The fraction of sp³-hybridized carbons (Fsp3) is 0.560. The van der Waals surface area contributed by atoms with E-state index in [0.717, 1.165) is 12.8 Å². The monoisotopic (exact) mass is 546 g/mol. The fourth-order valence-corrected chi connectivity index (χ4v) is 6.23. The summed E-state index contributed by atoms with van der Waals surface area (Å²) >= 11 is 0. The molecule has 13 heteroatoms. The normalized spacial score (nSPS) is 23.1. The number of amides is 1.